The number of rotatable bonds is 5. The third-order valence-electron chi connectivity index (χ3n) is 3.20. The Balaban J connectivity index is 2.67. The number of benzene rings is 2. The van der Waals surface area contributed by atoms with Crippen molar-refractivity contribution < 1.29 is 18.3 Å². The average molecular weight is 293 g/mol. The highest BCUT2D eigenvalue weighted by Gasteiger charge is 2.15. The van der Waals surface area contributed by atoms with E-state index < -0.39 is 11.6 Å². The van der Waals surface area contributed by atoms with Crippen molar-refractivity contribution in [2.45, 2.75) is 6.54 Å². The molecule has 2 rings (SSSR count). The molecule has 0 saturated heterocycles. The minimum atomic E-state index is -0.489. The third-order valence-corrected chi connectivity index (χ3v) is 3.20. The number of hydrogen-bond donors (Lipinski definition) is 1. The molecule has 1 N–H and O–H groups in total. The zero-order chi connectivity index (χ0) is 15.4. The van der Waals surface area contributed by atoms with Crippen LogP contribution in [-0.4, -0.2) is 21.3 Å². The molecule has 0 radical (unpaired) electrons. The summed E-state index contributed by atoms with van der Waals surface area (Å²) in [6, 6.07) is 6.80. The molecule has 0 fully saturated rings. The van der Waals surface area contributed by atoms with Crippen molar-refractivity contribution >= 4 is 0 Å². The summed E-state index contributed by atoms with van der Waals surface area (Å²) in [4.78, 5) is 0. The minimum Gasteiger partial charge on any atom is -0.493 e. The van der Waals surface area contributed by atoms with Crippen molar-refractivity contribution in [3.63, 3.8) is 0 Å². The first-order valence-corrected chi connectivity index (χ1v) is 6.45. The van der Waals surface area contributed by atoms with Crippen molar-refractivity contribution in [3.05, 3.63) is 47.5 Å². The Morgan fingerprint density at radius 3 is 2.24 bits per heavy atom. The van der Waals surface area contributed by atoms with Crippen LogP contribution in [0.4, 0.5) is 8.78 Å². The molecule has 2 aromatic rings. The number of hydrogen-bond acceptors (Lipinski definition) is 3. The molecule has 0 aliphatic carbocycles. The zero-order valence-electron chi connectivity index (χ0n) is 12.2. The van der Waals surface area contributed by atoms with Crippen LogP contribution in [0.15, 0.2) is 30.3 Å². The number of methoxy groups -OCH3 is 2. The molecule has 21 heavy (non-hydrogen) atoms. The van der Waals surface area contributed by atoms with E-state index in [-0.39, 0.29) is 5.56 Å². The summed E-state index contributed by atoms with van der Waals surface area (Å²) in [5.41, 5.74) is 1.56. The van der Waals surface area contributed by atoms with Gasteiger partial charge in [0.15, 0.2) is 11.5 Å². The summed E-state index contributed by atoms with van der Waals surface area (Å²) in [6.45, 7) is 0.492. The van der Waals surface area contributed by atoms with E-state index in [0.717, 1.165) is 17.7 Å². The maximum absolute atomic E-state index is 14.0. The van der Waals surface area contributed by atoms with Crippen molar-refractivity contribution in [1.29, 1.82) is 0 Å². The van der Waals surface area contributed by atoms with Gasteiger partial charge in [0.05, 0.1) is 14.2 Å². The van der Waals surface area contributed by atoms with Crippen LogP contribution in [0.1, 0.15) is 5.56 Å². The first kappa shape index (κ1) is 15.3. The molecular formula is C16H17F2NO2. The molecule has 112 valence electrons. The number of nitrogens with one attached hydrogen (secondary N) is 1. The SMILES string of the molecule is CNCc1cc(OC)c(OC)cc1-c1cc(F)ccc1F. The van der Waals surface area contributed by atoms with Gasteiger partial charge < -0.3 is 14.8 Å². The van der Waals surface area contributed by atoms with E-state index in [1.54, 1.807) is 19.2 Å². The highest BCUT2D eigenvalue weighted by molar-refractivity contribution is 5.72. The predicted molar refractivity (Wildman–Crippen MR) is 77.7 cm³/mol. The monoisotopic (exact) mass is 293 g/mol. The molecule has 0 atom stereocenters. The van der Waals surface area contributed by atoms with Gasteiger partial charge >= 0.3 is 0 Å². The second kappa shape index (κ2) is 6.54. The molecule has 0 aliphatic heterocycles. The van der Waals surface area contributed by atoms with E-state index >= 15 is 0 Å². The zero-order valence-corrected chi connectivity index (χ0v) is 12.2. The van der Waals surface area contributed by atoms with Gasteiger partial charge in [0.25, 0.3) is 0 Å². The molecule has 0 amide bonds. The van der Waals surface area contributed by atoms with Gasteiger partial charge in [-0.2, -0.15) is 0 Å². The smallest absolute Gasteiger partial charge is 0.161 e. The first-order valence-electron chi connectivity index (χ1n) is 6.45. The molecule has 2 aromatic carbocycles. The second-order valence-corrected chi connectivity index (χ2v) is 4.52. The Morgan fingerprint density at radius 2 is 1.62 bits per heavy atom. The van der Waals surface area contributed by atoms with Crippen molar-refractivity contribution in [2.24, 2.45) is 0 Å². The normalized spacial score (nSPS) is 10.5. The quantitative estimate of drug-likeness (QED) is 0.917. The fourth-order valence-electron chi connectivity index (χ4n) is 2.21. The molecule has 0 spiro atoms. The summed E-state index contributed by atoms with van der Waals surface area (Å²) in [5.74, 6) is 0.0388. The van der Waals surface area contributed by atoms with Gasteiger partial charge in [-0.3, -0.25) is 0 Å². The fraction of sp³-hybridized carbons (Fsp3) is 0.250. The molecule has 0 aromatic heterocycles. The Bertz CT molecular complexity index is 644. The Kier molecular flexibility index (Phi) is 4.75. The Labute approximate surface area is 122 Å². The van der Waals surface area contributed by atoms with Gasteiger partial charge in [-0.05, 0) is 48.5 Å². The average Bonchev–Trinajstić information content (AvgIpc) is 2.49. The van der Waals surface area contributed by atoms with Gasteiger partial charge in [0.2, 0.25) is 0 Å². The van der Waals surface area contributed by atoms with Crippen LogP contribution in [0.5, 0.6) is 11.5 Å². The van der Waals surface area contributed by atoms with Crippen molar-refractivity contribution in [1.82, 2.24) is 5.32 Å². The molecule has 0 saturated carbocycles. The third kappa shape index (κ3) is 3.13. The predicted octanol–water partition coefficient (Wildman–Crippen LogP) is 3.37. The van der Waals surface area contributed by atoms with E-state index in [9.17, 15) is 8.78 Å². The van der Waals surface area contributed by atoms with Crippen LogP contribution < -0.4 is 14.8 Å². The van der Waals surface area contributed by atoms with Gasteiger partial charge in [-0.25, -0.2) is 8.78 Å². The molecule has 0 bridgehead atoms. The summed E-state index contributed by atoms with van der Waals surface area (Å²) < 4.78 is 38.0. The summed E-state index contributed by atoms with van der Waals surface area (Å²) in [6.07, 6.45) is 0. The molecular weight excluding hydrogens is 276 g/mol. The topological polar surface area (TPSA) is 30.5 Å². The lowest BCUT2D eigenvalue weighted by Crippen LogP contribution is -2.07. The minimum absolute atomic E-state index is 0.196. The lowest BCUT2D eigenvalue weighted by molar-refractivity contribution is 0.354. The van der Waals surface area contributed by atoms with Crippen LogP contribution in [0, 0.1) is 11.6 Å². The molecule has 0 heterocycles. The lowest BCUT2D eigenvalue weighted by atomic mass is 9.98. The fourth-order valence-corrected chi connectivity index (χ4v) is 2.21. The highest BCUT2D eigenvalue weighted by Crippen LogP contribution is 2.36. The summed E-state index contributed by atoms with van der Waals surface area (Å²) in [7, 11) is 4.81. The summed E-state index contributed by atoms with van der Waals surface area (Å²) in [5, 5.41) is 3.00. The molecule has 3 nitrogen and oxygen atoms in total. The lowest BCUT2D eigenvalue weighted by Gasteiger charge is -2.15. The second-order valence-electron chi connectivity index (χ2n) is 4.52. The Morgan fingerprint density at radius 1 is 0.952 bits per heavy atom. The molecule has 0 aliphatic rings. The van der Waals surface area contributed by atoms with Crippen molar-refractivity contribution in [2.75, 3.05) is 21.3 Å². The number of ether oxygens (including phenoxy) is 2. The van der Waals surface area contributed by atoms with Crippen LogP contribution in [0.3, 0.4) is 0 Å². The standard InChI is InChI=1S/C16H17F2NO2/c1-19-9-10-6-15(20-2)16(21-3)8-12(10)13-7-11(17)4-5-14(13)18/h4-8,19H,9H2,1-3H3. The van der Waals surface area contributed by atoms with E-state index in [2.05, 4.69) is 5.32 Å². The molecule has 0 unspecified atom stereocenters. The van der Waals surface area contributed by atoms with Gasteiger partial charge in [-0.15, -0.1) is 0 Å². The van der Waals surface area contributed by atoms with Crippen LogP contribution >= 0.6 is 0 Å². The molecule has 5 heteroatoms. The van der Waals surface area contributed by atoms with Crippen LogP contribution in [0.2, 0.25) is 0 Å². The Hall–Kier alpha value is -2.14. The summed E-state index contributed by atoms with van der Waals surface area (Å²) >= 11 is 0. The van der Waals surface area contributed by atoms with E-state index in [4.69, 9.17) is 9.47 Å². The van der Waals surface area contributed by atoms with Crippen molar-refractivity contribution in [3.8, 4) is 22.6 Å². The number of halogens is 2. The van der Waals surface area contributed by atoms with E-state index in [1.807, 2.05) is 0 Å². The van der Waals surface area contributed by atoms with E-state index in [1.165, 1.54) is 20.3 Å². The van der Waals surface area contributed by atoms with Gasteiger partial charge in [-0.1, -0.05) is 0 Å². The van der Waals surface area contributed by atoms with E-state index in [0.29, 0.717) is 23.6 Å². The first-order chi connectivity index (χ1) is 10.1. The maximum atomic E-state index is 14.0. The van der Waals surface area contributed by atoms with Crippen LogP contribution in [0.25, 0.3) is 11.1 Å². The van der Waals surface area contributed by atoms with Gasteiger partial charge in [0.1, 0.15) is 11.6 Å². The highest BCUT2D eigenvalue weighted by atomic mass is 19.1. The maximum Gasteiger partial charge on any atom is 0.161 e. The van der Waals surface area contributed by atoms with Crippen LogP contribution in [-0.2, 0) is 6.54 Å². The largest absolute Gasteiger partial charge is 0.493 e. The van der Waals surface area contributed by atoms with Gasteiger partial charge in [0, 0.05) is 12.1 Å².